The van der Waals surface area contributed by atoms with E-state index in [1.807, 2.05) is 12.3 Å². The van der Waals surface area contributed by atoms with Crippen molar-refractivity contribution in [1.82, 2.24) is 9.78 Å². The summed E-state index contributed by atoms with van der Waals surface area (Å²) >= 11 is 8.85. The van der Waals surface area contributed by atoms with Crippen LogP contribution in [-0.2, 0) is 6.54 Å². The highest BCUT2D eigenvalue weighted by atomic mass is 79.9. The van der Waals surface area contributed by atoms with Crippen LogP contribution >= 0.6 is 28.1 Å². The van der Waals surface area contributed by atoms with E-state index in [1.165, 1.54) is 12.1 Å². The van der Waals surface area contributed by atoms with E-state index in [2.05, 4.69) is 31.7 Å². The Balaban J connectivity index is 1.67. The molecule has 0 fully saturated rings. The molecule has 1 heterocycles. The zero-order valence-electron chi connectivity index (χ0n) is 15.2. The number of methoxy groups -OCH3 is 2. The van der Waals surface area contributed by atoms with Crippen LogP contribution in [0.25, 0.3) is 0 Å². The van der Waals surface area contributed by atoms with Crippen molar-refractivity contribution < 1.29 is 13.9 Å². The van der Waals surface area contributed by atoms with Crippen LogP contribution in [0.5, 0.6) is 11.5 Å². The number of hydrogen-bond acceptors (Lipinski definition) is 4. The molecule has 2 N–H and O–H groups in total. The molecule has 2 aromatic carbocycles. The van der Waals surface area contributed by atoms with Gasteiger partial charge in [-0.05, 0) is 58.0 Å². The Morgan fingerprint density at radius 2 is 1.89 bits per heavy atom. The molecule has 0 aliphatic heterocycles. The summed E-state index contributed by atoms with van der Waals surface area (Å²) in [6, 6.07) is 11.7. The van der Waals surface area contributed by atoms with E-state index >= 15 is 0 Å². The Morgan fingerprint density at radius 1 is 1.14 bits per heavy atom. The number of halogens is 2. The third kappa shape index (κ3) is 4.99. The van der Waals surface area contributed by atoms with E-state index in [4.69, 9.17) is 21.7 Å². The van der Waals surface area contributed by atoms with Crippen molar-refractivity contribution in [2.45, 2.75) is 6.54 Å². The zero-order valence-corrected chi connectivity index (χ0v) is 17.6. The van der Waals surface area contributed by atoms with Gasteiger partial charge in [-0.3, -0.25) is 4.68 Å². The molecule has 1 aromatic heterocycles. The zero-order chi connectivity index (χ0) is 20.1. The van der Waals surface area contributed by atoms with Gasteiger partial charge in [0, 0.05) is 12.3 Å². The van der Waals surface area contributed by atoms with Gasteiger partial charge in [-0.1, -0.05) is 12.1 Å². The van der Waals surface area contributed by atoms with Crippen molar-refractivity contribution in [3.63, 3.8) is 0 Å². The molecule has 146 valence electrons. The van der Waals surface area contributed by atoms with Gasteiger partial charge in [0.05, 0.1) is 30.9 Å². The van der Waals surface area contributed by atoms with Crippen molar-refractivity contribution in [1.29, 1.82) is 0 Å². The van der Waals surface area contributed by atoms with Gasteiger partial charge in [0.15, 0.2) is 10.9 Å². The number of anilines is 2. The molecular formula is C19H18BrFN4O2S. The Labute approximate surface area is 175 Å². The predicted molar refractivity (Wildman–Crippen MR) is 115 cm³/mol. The first kappa shape index (κ1) is 20.1. The summed E-state index contributed by atoms with van der Waals surface area (Å²) in [5, 5.41) is 11.0. The Morgan fingerprint density at radius 3 is 2.57 bits per heavy atom. The summed E-state index contributed by atoms with van der Waals surface area (Å²) in [7, 11) is 3.16. The molecule has 3 aromatic rings. The fourth-order valence-corrected chi connectivity index (χ4v) is 3.12. The smallest absolute Gasteiger partial charge is 0.176 e. The normalized spacial score (nSPS) is 10.4. The van der Waals surface area contributed by atoms with E-state index in [1.54, 1.807) is 43.2 Å². The SMILES string of the molecule is COc1ccc(NC(=S)Nc2nn(Cc3ccc(F)cc3)cc2Br)c(OC)c1. The monoisotopic (exact) mass is 464 g/mol. The molecule has 0 aliphatic rings. The van der Waals surface area contributed by atoms with Gasteiger partial charge in [-0.25, -0.2) is 4.39 Å². The maximum Gasteiger partial charge on any atom is 0.176 e. The Bertz CT molecular complexity index is 979. The summed E-state index contributed by atoms with van der Waals surface area (Å²) < 4.78 is 26.1. The lowest BCUT2D eigenvalue weighted by Crippen LogP contribution is -2.20. The van der Waals surface area contributed by atoms with Crippen LogP contribution in [-0.4, -0.2) is 29.1 Å². The van der Waals surface area contributed by atoms with Crippen LogP contribution in [0.2, 0.25) is 0 Å². The molecule has 0 bridgehead atoms. The third-order valence-electron chi connectivity index (χ3n) is 3.86. The van der Waals surface area contributed by atoms with Crippen molar-refractivity contribution in [2.24, 2.45) is 0 Å². The average Bonchev–Trinajstić information content (AvgIpc) is 3.02. The number of hydrogen-bond donors (Lipinski definition) is 2. The second-order valence-corrected chi connectivity index (χ2v) is 7.06. The lowest BCUT2D eigenvalue weighted by molar-refractivity contribution is 0.395. The van der Waals surface area contributed by atoms with Gasteiger partial charge in [0.2, 0.25) is 0 Å². The number of nitrogens with zero attached hydrogens (tertiary/aromatic N) is 2. The third-order valence-corrected chi connectivity index (χ3v) is 4.65. The maximum absolute atomic E-state index is 13.0. The Kier molecular flexibility index (Phi) is 6.48. The van der Waals surface area contributed by atoms with Crippen molar-refractivity contribution >= 4 is 44.8 Å². The number of nitrogens with one attached hydrogen (secondary N) is 2. The first-order valence-electron chi connectivity index (χ1n) is 8.26. The predicted octanol–water partition coefficient (Wildman–Crippen LogP) is 4.66. The number of ether oxygens (including phenoxy) is 2. The first-order valence-corrected chi connectivity index (χ1v) is 9.46. The highest BCUT2D eigenvalue weighted by Crippen LogP contribution is 2.29. The summed E-state index contributed by atoms with van der Waals surface area (Å²) in [6.07, 6.45) is 1.82. The second-order valence-electron chi connectivity index (χ2n) is 5.80. The summed E-state index contributed by atoms with van der Waals surface area (Å²) in [5.41, 5.74) is 1.63. The molecule has 6 nitrogen and oxygen atoms in total. The van der Waals surface area contributed by atoms with Gasteiger partial charge in [-0.2, -0.15) is 5.10 Å². The maximum atomic E-state index is 13.0. The minimum atomic E-state index is -0.266. The van der Waals surface area contributed by atoms with Crippen LogP contribution in [0.3, 0.4) is 0 Å². The molecule has 0 atom stereocenters. The molecule has 0 saturated carbocycles. The molecule has 0 saturated heterocycles. The fourth-order valence-electron chi connectivity index (χ4n) is 2.50. The summed E-state index contributed by atoms with van der Waals surface area (Å²) in [5.74, 6) is 1.58. The van der Waals surface area contributed by atoms with Gasteiger partial charge in [0.25, 0.3) is 0 Å². The fraction of sp³-hybridized carbons (Fsp3) is 0.158. The van der Waals surface area contributed by atoms with E-state index in [9.17, 15) is 4.39 Å². The largest absolute Gasteiger partial charge is 0.497 e. The molecule has 0 amide bonds. The lowest BCUT2D eigenvalue weighted by Gasteiger charge is -2.13. The molecular weight excluding hydrogens is 447 g/mol. The molecule has 0 aliphatic carbocycles. The molecule has 28 heavy (non-hydrogen) atoms. The number of benzene rings is 2. The minimum absolute atomic E-state index is 0.266. The van der Waals surface area contributed by atoms with Gasteiger partial charge >= 0.3 is 0 Å². The standard InChI is InChI=1S/C19H18BrFN4O2S/c1-26-14-7-8-16(17(9-14)27-2)22-19(28)23-18-15(20)11-25(24-18)10-12-3-5-13(21)6-4-12/h3-9,11H,10H2,1-2H3,(H2,22,23,24,28). The van der Waals surface area contributed by atoms with Crippen LogP contribution in [0.15, 0.2) is 53.1 Å². The van der Waals surface area contributed by atoms with E-state index in [0.717, 1.165) is 10.0 Å². The quantitative estimate of drug-likeness (QED) is 0.517. The summed E-state index contributed by atoms with van der Waals surface area (Å²) in [6.45, 7) is 0.507. The van der Waals surface area contributed by atoms with E-state index in [-0.39, 0.29) is 5.82 Å². The van der Waals surface area contributed by atoms with E-state index in [0.29, 0.717) is 34.7 Å². The van der Waals surface area contributed by atoms with Crippen LogP contribution in [0, 0.1) is 5.82 Å². The minimum Gasteiger partial charge on any atom is -0.497 e. The molecule has 0 radical (unpaired) electrons. The first-order chi connectivity index (χ1) is 13.5. The number of thiocarbonyl (C=S) groups is 1. The van der Waals surface area contributed by atoms with Crippen LogP contribution in [0.4, 0.5) is 15.9 Å². The van der Waals surface area contributed by atoms with Crippen molar-refractivity contribution in [3.05, 3.63) is 64.5 Å². The van der Waals surface area contributed by atoms with Crippen LogP contribution in [0.1, 0.15) is 5.56 Å². The average molecular weight is 465 g/mol. The Hall–Kier alpha value is -2.65. The summed E-state index contributed by atoms with van der Waals surface area (Å²) in [4.78, 5) is 0. The van der Waals surface area contributed by atoms with Gasteiger partial charge in [-0.15, -0.1) is 0 Å². The number of aromatic nitrogens is 2. The molecule has 0 unspecified atom stereocenters. The molecule has 9 heteroatoms. The van der Waals surface area contributed by atoms with Crippen molar-refractivity contribution in [3.8, 4) is 11.5 Å². The van der Waals surface area contributed by atoms with Gasteiger partial charge in [0.1, 0.15) is 17.3 Å². The number of rotatable bonds is 6. The van der Waals surface area contributed by atoms with E-state index < -0.39 is 0 Å². The van der Waals surface area contributed by atoms with Gasteiger partial charge < -0.3 is 20.1 Å². The van der Waals surface area contributed by atoms with Crippen LogP contribution < -0.4 is 20.1 Å². The van der Waals surface area contributed by atoms with Crippen molar-refractivity contribution in [2.75, 3.05) is 24.9 Å². The topological polar surface area (TPSA) is 60.3 Å². The highest BCUT2D eigenvalue weighted by Gasteiger charge is 2.11. The molecule has 0 spiro atoms. The molecule has 3 rings (SSSR count). The highest BCUT2D eigenvalue weighted by molar-refractivity contribution is 9.10. The lowest BCUT2D eigenvalue weighted by atomic mass is 10.2. The second kappa shape index (κ2) is 9.03.